The molecule has 1 aliphatic rings. The number of nitrogens with two attached hydrogens (primary N) is 1. The first kappa shape index (κ1) is 15.9. The van der Waals surface area contributed by atoms with Crippen LogP contribution in [0.1, 0.15) is 33.6 Å². The maximum Gasteiger partial charge on any atom is 0.298 e. The second kappa shape index (κ2) is 5.46. The highest BCUT2D eigenvalue weighted by Gasteiger charge is 2.32. The number of nitrogens with zero attached hydrogens (tertiary/aromatic N) is 1. The van der Waals surface area contributed by atoms with Crippen LogP contribution in [-0.2, 0) is 19.8 Å². The number of hydrogen-bond acceptors (Lipinski definition) is 4. The molecule has 1 heterocycles. The third-order valence-corrected chi connectivity index (χ3v) is 3.52. The Morgan fingerprint density at radius 1 is 1.21 bits per heavy atom. The lowest BCUT2D eigenvalue weighted by molar-refractivity contribution is -0.142. The van der Waals surface area contributed by atoms with Crippen molar-refractivity contribution < 1.29 is 18.0 Å². The second-order valence-corrected chi connectivity index (χ2v) is 7.12. The van der Waals surface area contributed by atoms with E-state index in [1.165, 1.54) is 0 Å². The highest BCUT2D eigenvalue weighted by molar-refractivity contribution is 7.87. The lowest BCUT2D eigenvalue weighted by Gasteiger charge is -2.35. The summed E-state index contributed by atoms with van der Waals surface area (Å²) >= 11 is 0. The van der Waals surface area contributed by atoms with Gasteiger partial charge in [-0.25, -0.2) is 9.86 Å². The summed E-state index contributed by atoms with van der Waals surface area (Å²) in [5.41, 5.74) is -0.449. The lowest BCUT2D eigenvalue weighted by Crippen LogP contribution is -2.48. The standard InChI is InChI=1S/C11H21N3O4S/c1-11(2,3)10(16)14-6-4-8(5-7-14)9(15)13-19(12,17)18/h8H,4-7H2,1-3H3,(H,13,15)(H2,12,17,18). The molecule has 0 unspecified atom stereocenters. The number of piperidine rings is 1. The normalized spacial score (nSPS) is 18.2. The third-order valence-electron chi connectivity index (χ3n) is 3.04. The Bertz CT molecular complexity index is 459. The monoisotopic (exact) mass is 291 g/mol. The number of carbonyl (C=O) groups excluding carboxylic acids is 2. The highest BCUT2D eigenvalue weighted by atomic mass is 32.2. The summed E-state index contributed by atoms with van der Waals surface area (Å²) in [6.45, 7) is 6.44. The Balaban J connectivity index is 2.54. The average molecular weight is 291 g/mol. The van der Waals surface area contributed by atoms with Gasteiger partial charge in [-0.1, -0.05) is 20.8 Å². The number of likely N-dealkylation sites (tertiary alicyclic amines) is 1. The fraction of sp³-hybridized carbons (Fsp3) is 0.818. The fourth-order valence-electron chi connectivity index (χ4n) is 2.04. The van der Waals surface area contributed by atoms with E-state index in [1.54, 1.807) is 9.62 Å². The second-order valence-electron chi connectivity index (χ2n) is 5.83. The Morgan fingerprint density at radius 3 is 2.05 bits per heavy atom. The van der Waals surface area contributed by atoms with Crippen LogP contribution in [0.2, 0.25) is 0 Å². The average Bonchev–Trinajstić information content (AvgIpc) is 2.24. The van der Waals surface area contributed by atoms with Crippen molar-refractivity contribution in [2.24, 2.45) is 16.5 Å². The number of hydrogen-bond donors (Lipinski definition) is 2. The molecule has 19 heavy (non-hydrogen) atoms. The van der Waals surface area contributed by atoms with Crippen LogP contribution >= 0.6 is 0 Å². The van der Waals surface area contributed by atoms with Crippen LogP contribution in [0.25, 0.3) is 0 Å². The first-order valence-electron chi connectivity index (χ1n) is 6.14. The Morgan fingerprint density at radius 2 is 1.68 bits per heavy atom. The number of nitrogens with one attached hydrogen (secondary N) is 1. The molecule has 1 rings (SSSR count). The molecular formula is C11H21N3O4S. The van der Waals surface area contributed by atoms with Crippen molar-refractivity contribution in [1.82, 2.24) is 9.62 Å². The molecule has 0 atom stereocenters. The summed E-state index contributed by atoms with van der Waals surface area (Å²) in [7, 11) is -4.01. The van der Waals surface area contributed by atoms with E-state index in [4.69, 9.17) is 5.14 Å². The predicted octanol–water partition coefficient (Wildman–Crippen LogP) is -0.409. The molecule has 3 N–H and O–H groups in total. The Hall–Kier alpha value is -1.15. The van der Waals surface area contributed by atoms with Gasteiger partial charge in [0.25, 0.3) is 10.2 Å². The topological polar surface area (TPSA) is 110 Å². The summed E-state index contributed by atoms with van der Waals surface area (Å²) in [6, 6.07) is 0. The van der Waals surface area contributed by atoms with Crippen molar-refractivity contribution in [1.29, 1.82) is 0 Å². The number of carbonyl (C=O) groups is 2. The molecule has 0 saturated carbocycles. The summed E-state index contributed by atoms with van der Waals surface area (Å²) in [4.78, 5) is 25.4. The van der Waals surface area contributed by atoms with Crippen molar-refractivity contribution in [3.8, 4) is 0 Å². The first-order chi connectivity index (χ1) is 8.50. The van der Waals surface area contributed by atoms with Crippen molar-refractivity contribution >= 4 is 22.0 Å². The van der Waals surface area contributed by atoms with Gasteiger partial charge in [-0.05, 0) is 12.8 Å². The van der Waals surface area contributed by atoms with Gasteiger partial charge in [-0.3, -0.25) is 9.59 Å². The Labute approximate surface area is 113 Å². The van der Waals surface area contributed by atoms with Crippen LogP contribution in [0.5, 0.6) is 0 Å². The van der Waals surface area contributed by atoms with Crippen molar-refractivity contribution in [3.63, 3.8) is 0 Å². The Kier molecular flexibility index (Phi) is 4.57. The van der Waals surface area contributed by atoms with Gasteiger partial charge in [0.1, 0.15) is 0 Å². The molecule has 110 valence electrons. The molecule has 0 bridgehead atoms. The molecule has 0 spiro atoms. The molecule has 0 aliphatic carbocycles. The summed E-state index contributed by atoms with van der Waals surface area (Å²) in [5.74, 6) is -0.967. The minimum absolute atomic E-state index is 0.0396. The quantitative estimate of drug-likeness (QED) is 0.720. The molecule has 0 aromatic rings. The van der Waals surface area contributed by atoms with Gasteiger partial charge in [0.05, 0.1) is 0 Å². The molecule has 1 aliphatic heterocycles. The minimum Gasteiger partial charge on any atom is -0.342 e. The largest absolute Gasteiger partial charge is 0.342 e. The van der Waals surface area contributed by atoms with E-state index >= 15 is 0 Å². The van der Waals surface area contributed by atoms with Crippen LogP contribution in [0.3, 0.4) is 0 Å². The lowest BCUT2D eigenvalue weighted by atomic mass is 9.91. The van der Waals surface area contributed by atoms with E-state index < -0.39 is 27.4 Å². The van der Waals surface area contributed by atoms with E-state index in [1.807, 2.05) is 20.8 Å². The highest BCUT2D eigenvalue weighted by Crippen LogP contribution is 2.23. The number of amides is 2. The van der Waals surface area contributed by atoms with Crippen LogP contribution in [0.15, 0.2) is 0 Å². The van der Waals surface area contributed by atoms with Gasteiger partial charge in [-0.2, -0.15) is 8.42 Å². The predicted molar refractivity (Wildman–Crippen MR) is 70.0 cm³/mol. The first-order valence-corrected chi connectivity index (χ1v) is 7.69. The summed E-state index contributed by atoms with van der Waals surface area (Å²) in [6.07, 6.45) is 0.895. The smallest absolute Gasteiger partial charge is 0.298 e. The van der Waals surface area contributed by atoms with E-state index in [0.717, 1.165) is 0 Å². The van der Waals surface area contributed by atoms with E-state index in [9.17, 15) is 18.0 Å². The molecule has 0 aromatic heterocycles. The third kappa shape index (κ3) is 4.79. The zero-order valence-corrected chi connectivity index (χ0v) is 12.3. The van der Waals surface area contributed by atoms with Crippen molar-refractivity contribution in [2.45, 2.75) is 33.6 Å². The maximum atomic E-state index is 12.0. The van der Waals surface area contributed by atoms with Crippen LogP contribution < -0.4 is 9.86 Å². The molecule has 7 nitrogen and oxygen atoms in total. The fourth-order valence-corrected chi connectivity index (χ4v) is 2.49. The molecule has 0 radical (unpaired) electrons. The van der Waals surface area contributed by atoms with Gasteiger partial charge in [-0.15, -0.1) is 0 Å². The molecule has 2 amide bonds. The van der Waals surface area contributed by atoms with E-state index in [-0.39, 0.29) is 5.91 Å². The minimum atomic E-state index is -4.01. The van der Waals surface area contributed by atoms with Gasteiger partial charge in [0.2, 0.25) is 11.8 Å². The summed E-state index contributed by atoms with van der Waals surface area (Å²) in [5, 5.41) is 4.75. The van der Waals surface area contributed by atoms with E-state index in [0.29, 0.717) is 25.9 Å². The SMILES string of the molecule is CC(C)(C)C(=O)N1CCC(C(=O)NS(N)(=O)=O)CC1. The summed E-state index contributed by atoms with van der Waals surface area (Å²) < 4.78 is 23.3. The molecule has 8 heteroatoms. The maximum absolute atomic E-state index is 12.0. The van der Waals surface area contributed by atoms with Gasteiger partial charge in [0.15, 0.2) is 0 Å². The van der Waals surface area contributed by atoms with Crippen LogP contribution in [0, 0.1) is 11.3 Å². The van der Waals surface area contributed by atoms with E-state index in [2.05, 4.69) is 0 Å². The molecular weight excluding hydrogens is 270 g/mol. The molecule has 1 saturated heterocycles. The van der Waals surface area contributed by atoms with Gasteiger partial charge in [0, 0.05) is 24.4 Å². The molecule has 1 fully saturated rings. The van der Waals surface area contributed by atoms with Gasteiger partial charge >= 0.3 is 0 Å². The van der Waals surface area contributed by atoms with Crippen LogP contribution in [0.4, 0.5) is 0 Å². The molecule has 0 aromatic carbocycles. The van der Waals surface area contributed by atoms with Crippen molar-refractivity contribution in [3.05, 3.63) is 0 Å². The van der Waals surface area contributed by atoms with Gasteiger partial charge < -0.3 is 4.90 Å². The number of rotatable bonds is 2. The zero-order valence-electron chi connectivity index (χ0n) is 11.5. The van der Waals surface area contributed by atoms with Crippen molar-refractivity contribution in [2.75, 3.05) is 13.1 Å². The van der Waals surface area contributed by atoms with Crippen LogP contribution in [-0.4, -0.2) is 38.2 Å². The zero-order chi connectivity index (χ0) is 14.8.